The van der Waals surface area contributed by atoms with Crippen LogP contribution in [0.5, 0.6) is 0 Å². The van der Waals surface area contributed by atoms with E-state index in [-0.39, 0.29) is 17.9 Å². The van der Waals surface area contributed by atoms with E-state index in [0.29, 0.717) is 5.92 Å². The summed E-state index contributed by atoms with van der Waals surface area (Å²) >= 11 is 0. The zero-order valence-electron chi connectivity index (χ0n) is 11.8. The molecule has 0 aliphatic carbocycles. The second-order valence-electron chi connectivity index (χ2n) is 5.41. The fourth-order valence-corrected chi connectivity index (χ4v) is 2.74. The van der Waals surface area contributed by atoms with Gasteiger partial charge in [-0.15, -0.1) is 0 Å². The molecule has 4 heteroatoms. The summed E-state index contributed by atoms with van der Waals surface area (Å²) < 4.78 is 0. The summed E-state index contributed by atoms with van der Waals surface area (Å²) in [5.74, 6) is 0.722. The summed E-state index contributed by atoms with van der Waals surface area (Å²) in [4.78, 5) is 13.5. The molecule has 0 aromatic carbocycles. The van der Waals surface area contributed by atoms with Crippen LogP contribution >= 0.6 is 0 Å². The molecule has 0 saturated carbocycles. The molecular weight excluding hydrogens is 226 g/mol. The lowest BCUT2D eigenvalue weighted by Crippen LogP contribution is -2.42. The average Bonchev–Trinajstić information content (AvgIpc) is 2.75. The maximum Gasteiger partial charge on any atom is 0.217 e. The van der Waals surface area contributed by atoms with Crippen LogP contribution in [0, 0.1) is 23.2 Å². The van der Waals surface area contributed by atoms with Gasteiger partial charge in [0.1, 0.15) is 0 Å². The van der Waals surface area contributed by atoms with Crippen molar-refractivity contribution in [2.45, 2.75) is 46.1 Å². The molecule has 0 bridgehead atoms. The Hall–Kier alpha value is -1.08. The van der Waals surface area contributed by atoms with E-state index in [4.69, 9.17) is 5.26 Å². The third kappa shape index (κ3) is 4.66. The fraction of sp³-hybridized carbons (Fsp3) is 0.857. The number of rotatable bonds is 6. The van der Waals surface area contributed by atoms with Gasteiger partial charge in [0.05, 0.1) is 12.0 Å². The Bertz CT molecular complexity index is 311. The molecule has 1 N–H and O–H groups in total. The largest absolute Gasteiger partial charge is 0.354 e. The van der Waals surface area contributed by atoms with E-state index in [0.717, 1.165) is 38.9 Å². The summed E-state index contributed by atoms with van der Waals surface area (Å²) in [5.41, 5.74) is 0. The Morgan fingerprint density at radius 2 is 2.33 bits per heavy atom. The van der Waals surface area contributed by atoms with E-state index in [1.807, 2.05) is 0 Å². The minimum absolute atomic E-state index is 0.0416. The molecule has 1 amide bonds. The SMILES string of the molecule is CCCC(CN1CCC(C#N)C1)C(C)NC(C)=O. The fourth-order valence-electron chi connectivity index (χ4n) is 2.74. The Labute approximate surface area is 110 Å². The van der Waals surface area contributed by atoms with E-state index < -0.39 is 0 Å². The van der Waals surface area contributed by atoms with Gasteiger partial charge in [-0.3, -0.25) is 4.79 Å². The maximum atomic E-state index is 11.1. The van der Waals surface area contributed by atoms with Crippen molar-refractivity contribution in [2.75, 3.05) is 19.6 Å². The van der Waals surface area contributed by atoms with Gasteiger partial charge in [0, 0.05) is 26.1 Å². The Morgan fingerprint density at radius 3 is 2.83 bits per heavy atom. The Morgan fingerprint density at radius 1 is 1.61 bits per heavy atom. The third-order valence-corrected chi connectivity index (χ3v) is 3.75. The van der Waals surface area contributed by atoms with Gasteiger partial charge in [-0.2, -0.15) is 5.26 Å². The molecule has 102 valence electrons. The highest BCUT2D eigenvalue weighted by Gasteiger charge is 2.26. The third-order valence-electron chi connectivity index (χ3n) is 3.75. The molecular formula is C14H25N3O. The van der Waals surface area contributed by atoms with Gasteiger partial charge in [-0.05, 0) is 32.2 Å². The van der Waals surface area contributed by atoms with Gasteiger partial charge in [-0.25, -0.2) is 0 Å². The number of nitriles is 1. The lowest BCUT2D eigenvalue weighted by molar-refractivity contribution is -0.119. The average molecular weight is 251 g/mol. The first-order chi connectivity index (χ1) is 8.56. The van der Waals surface area contributed by atoms with Crippen LogP contribution in [0.25, 0.3) is 0 Å². The smallest absolute Gasteiger partial charge is 0.217 e. The first kappa shape index (κ1) is 15.0. The van der Waals surface area contributed by atoms with E-state index in [2.05, 4.69) is 30.1 Å². The zero-order valence-corrected chi connectivity index (χ0v) is 11.8. The number of carbonyl (C=O) groups is 1. The predicted octanol–water partition coefficient (Wildman–Crippen LogP) is 1.77. The first-order valence-electron chi connectivity index (χ1n) is 6.95. The van der Waals surface area contributed by atoms with Crippen molar-refractivity contribution in [3.63, 3.8) is 0 Å². The molecule has 3 atom stereocenters. The Kier molecular flexibility index (Phi) is 6.14. The van der Waals surface area contributed by atoms with E-state index in [1.165, 1.54) is 0 Å². The van der Waals surface area contributed by atoms with Crippen LogP contribution in [0.2, 0.25) is 0 Å². The molecule has 1 saturated heterocycles. The van der Waals surface area contributed by atoms with Crippen LogP contribution in [0.1, 0.15) is 40.0 Å². The highest BCUT2D eigenvalue weighted by molar-refractivity contribution is 5.73. The summed E-state index contributed by atoms with van der Waals surface area (Å²) in [6, 6.07) is 2.56. The summed E-state index contributed by atoms with van der Waals surface area (Å²) in [6.45, 7) is 8.73. The number of amides is 1. The lowest BCUT2D eigenvalue weighted by atomic mass is 9.95. The molecule has 1 aliphatic rings. The van der Waals surface area contributed by atoms with Crippen LogP contribution in [-0.4, -0.2) is 36.5 Å². The number of nitrogens with one attached hydrogen (secondary N) is 1. The van der Waals surface area contributed by atoms with Crippen molar-refractivity contribution in [3.05, 3.63) is 0 Å². The molecule has 1 fully saturated rings. The van der Waals surface area contributed by atoms with Crippen LogP contribution in [0.15, 0.2) is 0 Å². The Balaban J connectivity index is 2.47. The van der Waals surface area contributed by atoms with Gasteiger partial charge in [0.15, 0.2) is 0 Å². The van der Waals surface area contributed by atoms with Crippen LogP contribution in [0.4, 0.5) is 0 Å². The van der Waals surface area contributed by atoms with Crippen LogP contribution < -0.4 is 5.32 Å². The molecule has 1 rings (SSSR count). The van der Waals surface area contributed by atoms with Crippen molar-refractivity contribution in [1.29, 1.82) is 5.26 Å². The number of hydrogen-bond donors (Lipinski definition) is 1. The monoisotopic (exact) mass is 251 g/mol. The molecule has 0 aromatic rings. The topological polar surface area (TPSA) is 56.1 Å². The molecule has 0 aromatic heterocycles. The van der Waals surface area contributed by atoms with Crippen molar-refractivity contribution < 1.29 is 4.79 Å². The lowest BCUT2D eigenvalue weighted by Gasteiger charge is -2.28. The highest BCUT2D eigenvalue weighted by atomic mass is 16.1. The second kappa shape index (κ2) is 7.38. The molecule has 18 heavy (non-hydrogen) atoms. The number of hydrogen-bond acceptors (Lipinski definition) is 3. The molecule has 1 aliphatic heterocycles. The van der Waals surface area contributed by atoms with E-state index in [9.17, 15) is 4.79 Å². The van der Waals surface area contributed by atoms with Crippen molar-refractivity contribution in [3.8, 4) is 6.07 Å². The number of nitrogens with zero attached hydrogens (tertiary/aromatic N) is 2. The van der Waals surface area contributed by atoms with Crippen molar-refractivity contribution in [2.24, 2.45) is 11.8 Å². The standard InChI is InChI=1S/C14H25N3O/c1-4-5-14(11(2)16-12(3)18)10-17-7-6-13(8-15)9-17/h11,13-14H,4-7,9-10H2,1-3H3,(H,16,18). The minimum atomic E-state index is 0.0416. The van der Waals surface area contributed by atoms with Gasteiger partial charge in [-0.1, -0.05) is 13.3 Å². The zero-order chi connectivity index (χ0) is 13.5. The van der Waals surface area contributed by atoms with Crippen LogP contribution in [-0.2, 0) is 4.79 Å². The minimum Gasteiger partial charge on any atom is -0.354 e. The first-order valence-corrected chi connectivity index (χ1v) is 6.95. The van der Waals surface area contributed by atoms with Crippen molar-refractivity contribution in [1.82, 2.24) is 10.2 Å². The molecule has 1 heterocycles. The normalized spacial score (nSPS) is 23.3. The summed E-state index contributed by atoms with van der Waals surface area (Å²) in [6.07, 6.45) is 3.24. The number of carbonyl (C=O) groups excluding carboxylic acids is 1. The molecule has 0 spiro atoms. The molecule has 3 unspecified atom stereocenters. The van der Waals surface area contributed by atoms with Gasteiger partial charge in [0.25, 0.3) is 0 Å². The summed E-state index contributed by atoms with van der Waals surface area (Å²) in [7, 11) is 0. The quantitative estimate of drug-likeness (QED) is 0.783. The van der Waals surface area contributed by atoms with E-state index >= 15 is 0 Å². The maximum absolute atomic E-state index is 11.1. The van der Waals surface area contributed by atoms with Gasteiger partial charge < -0.3 is 10.2 Å². The van der Waals surface area contributed by atoms with Gasteiger partial charge in [0.2, 0.25) is 5.91 Å². The predicted molar refractivity (Wildman–Crippen MR) is 71.8 cm³/mol. The second-order valence-corrected chi connectivity index (χ2v) is 5.41. The van der Waals surface area contributed by atoms with Crippen molar-refractivity contribution >= 4 is 5.91 Å². The molecule has 0 radical (unpaired) electrons. The van der Waals surface area contributed by atoms with E-state index in [1.54, 1.807) is 6.92 Å². The molecule has 4 nitrogen and oxygen atoms in total. The number of likely N-dealkylation sites (tertiary alicyclic amines) is 1. The van der Waals surface area contributed by atoms with Crippen LogP contribution in [0.3, 0.4) is 0 Å². The highest BCUT2D eigenvalue weighted by Crippen LogP contribution is 2.20. The van der Waals surface area contributed by atoms with Gasteiger partial charge >= 0.3 is 0 Å². The summed E-state index contributed by atoms with van der Waals surface area (Å²) in [5, 5.41) is 11.9.